The molecule has 8 atom stereocenters. The molecule has 3 aromatic rings. The van der Waals surface area contributed by atoms with Gasteiger partial charge in [0.25, 0.3) is 17.4 Å². The lowest BCUT2D eigenvalue weighted by molar-refractivity contribution is -0.137. The Hall–Kier alpha value is -7.13. The smallest absolute Gasteiger partial charge is 0.258 e. The molecule has 458 valence electrons. The van der Waals surface area contributed by atoms with Gasteiger partial charge in [-0.1, -0.05) is 47.6 Å². The van der Waals surface area contributed by atoms with Crippen molar-refractivity contribution in [1.29, 1.82) is 0 Å². The lowest BCUT2D eigenvalue weighted by Crippen LogP contribution is -2.49. The van der Waals surface area contributed by atoms with Gasteiger partial charge in [-0.2, -0.15) is 0 Å². The third-order valence-corrected chi connectivity index (χ3v) is 15.9. The summed E-state index contributed by atoms with van der Waals surface area (Å²) in [7, 11) is 0. The van der Waals surface area contributed by atoms with Gasteiger partial charge in [0.2, 0.25) is 23.6 Å². The Labute approximate surface area is 484 Å². The number of carbonyl (C=O) groups excluding carboxylic acids is 8. The number of nitrogens with zero attached hydrogens (tertiary/aromatic N) is 3. The Morgan fingerprint density at radius 1 is 0.869 bits per heavy atom. The van der Waals surface area contributed by atoms with Crippen LogP contribution in [0.1, 0.15) is 126 Å². The summed E-state index contributed by atoms with van der Waals surface area (Å²) in [6.45, 7) is 11.7. The number of aryl methyl sites for hydroxylation is 1. The summed E-state index contributed by atoms with van der Waals surface area (Å²) in [6, 6.07) is 1.91. The number of benzene rings is 1. The summed E-state index contributed by atoms with van der Waals surface area (Å²) in [5, 5.41) is 71.5. The number of aliphatic hydroxyl groups excluding tert-OH is 5. The molecule has 0 saturated heterocycles. The van der Waals surface area contributed by atoms with Crippen LogP contribution in [-0.4, -0.2) is 156 Å². The average Bonchev–Trinajstić information content (AvgIpc) is 1.62. The zero-order chi connectivity index (χ0) is 61.9. The minimum Gasteiger partial charge on any atom is -0.490 e. The highest BCUT2D eigenvalue weighted by Gasteiger charge is 2.42. The van der Waals surface area contributed by atoms with Gasteiger partial charge in [0.1, 0.15) is 61.2 Å². The molecular weight excluding hydrogens is 1100 g/mol. The lowest BCUT2D eigenvalue weighted by Gasteiger charge is -2.35. The molecule has 0 aliphatic carbocycles. The summed E-state index contributed by atoms with van der Waals surface area (Å²) in [5.74, 6) is -7.41. The quantitative estimate of drug-likeness (QED) is 0.0185. The first-order chi connectivity index (χ1) is 39.8. The average molecular weight is 1180 g/mol. The summed E-state index contributed by atoms with van der Waals surface area (Å²) < 4.78 is 28.4. The number of Topliss-reactive ketones (excluding diaryl/α,β-unsaturated/α-hetero) is 2. The van der Waals surface area contributed by atoms with Crippen molar-refractivity contribution in [3.8, 4) is 11.4 Å². The largest absolute Gasteiger partial charge is 0.490 e. The number of aromatic nitrogens is 2. The SMILES string of the molecule is C=C1OCc2c(cc3n(c2=O)Cc2c-3nc3cc(F)c(C)c(CNC(=O)COCNC(=O)[C@H](C)CC(=O)[C@@H](NC(=O)[C@H](CCC(=O)NC[C@H](O)[C@@H](O)[C@H](O)[C@H](O)CO)CC(=O)CCCCCN4C(=O)C=CC4=O)C(C)C)c3c2CC)[C@@]1(O)CC. The summed E-state index contributed by atoms with van der Waals surface area (Å²) >= 11 is 0. The van der Waals surface area contributed by atoms with Crippen LogP contribution in [0.2, 0.25) is 0 Å². The number of carbonyl (C=O) groups is 8. The number of unbranched alkanes of at least 4 members (excludes halogenated alkanes) is 2. The fourth-order valence-corrected chi connectivity index (χ4v) is 10.7. The van der Waals surface area contributed by atoms with E-state index in [1.54, 1.807) is 38.3 Å². The highest BCUT2D eigenvalue weighted by Crippen LogP contribution is 2.43. The van der Waals surface area contributed by atoms with E-state index in [9.17, 15) is 68.7 Å². The molecule has 0 radical (unpaired) electrons. The van der Waals surface area contributed by atoms with E-state index in [-0.39, 0.29) is 87.4 Å². The van der Waals surface area contributed by atoms with Gasteiger partial charge < -0.3 is 65.9 Å². The van der Waals surface area contributed by atoms with E-state index < -0.39 is 127 Å². The number of imide groups is 1. The van der Waals surface area contributed by atoms with Crippen LogP contribution in [0.15, 0.2) is 41.4 Å². The number of aliphatic hydroxyl groups is 6. The van der Waals surface area contributed by atoms with E-state index in [1.807, 2.05) is 6.92 Å². The third-order valence-electron chi connectivity index (χ3n) is 15.9. The number of ether oxygens (including phenoxy) is 2. The van der Waals surface area contributed by atoms with E-state index in [1.165, 1.54) is 25.1 Å². The molecule has 0 fully saturated rings. The van der Waals surface area contributed by atoms with Crippen LogP contribution in [0, 0.1) is 30.5 Å². The molecule has 25 heteroatoms. The molecule has 3 aliphatic rings. The summed E-state index contributed by atoms with van der Waals surface area (Å²) in [4.78, 5) is 124. The Bertz CT molecular complexity index is 3110. The van der Waals surface area contributed by atoms with Crippen LogP contribution in [0.5, 0.6) is 0 Å². The lowest BCUT2D eigenvalue weighted by atomic mass is 9.84. The molecule has 3 aliphatic heterocycles. The van der Waals surface area contributed by atoms with E-state index in [0.717, 1.165) is 16.0 Å². The maximum absolute atomic E-state index is 15.7. The Morgan fingerprint density at radius 2 is 1.56 bits per heavy atom. The van der Waals surface area contributed by atoms with Crippen molar-refractivity contribution < 1.29 is 82.9 Å². The third kappa shape index (κ3) is 15.2. The monoisotopic (exact) mass is 1180 g/mol. The molecule has 0 spiro atoms. The second-order valence-corrected chi connectivity index (χ2v) is 22.0. The van der Waals surface area contributed by atoms with E-state index in [4.69, 9.17) is 19.6 Å². The number of halogens is 1. The molecule has 10 N–H and O–H groups in total. The summed E-state index contributed by atoms with van der Waals surface area (Å²) in [6.07, 6.45) is -4.35. The number of amides is 6. The molecule has 1 aromatic carbocycles. The minimum atomic E-state index is -1.94. The van der Waals surface area contributed by atoms with Gasteiger partial charge >= 0.3 is 0 Å². The Kier molecular flexibility index (Phi) is 22.9. The summed E-state index contributed by atoms with van der Waals surface area (Å²) in [5.41, 5.74) is 2.33. The van der Waals surface area contributed by atoms with Gasteiger partial charge in [-0.05, 0) is 67.7 Å². The van der Waals surface area contributed by atoms with E-state index in [2.05, 4.69) is 27.8 Å². The van der Waals surface area contributed by atoms with Gasteiger partial charge in [-0.15, -0.1) is 0 Å². The fourth-order valence-electron chi connectivity index (χ4n) is 10.7. The van der Waals surface area contributed by atoms with Crippen molar-refractivity contribution >= 4 is 57.9 Å². The van der Waals surface area contributed by atoms with Gasteiger partial charge in [0.15, 0.2) is 5.78 Å². The first-order valence-electron chi connectivity index (χ1n) is 28.3. The topological polar surface area (TPSA) is 363 Å². The van der Waals surface area contributed by atoms with Crippen molar-refractivity contribution in [3.05, 3.63) is 86.2 Å². The van der Waals surface area contributed by atoms with Gasteiger partial charge in [0, 0.05) is 91.9 Å². The molecule has 2 aromatic heterocycles. The van der Waals surface area contributed by atoms with Crippen molar-refractivity contribution in [1.82, 2.24) is 35.7 Å². The number of hydrogen-bond donors (Lipinski definition) is 10. The van der Waals surface area contributed by atoms with Crippen LogP contribution in [0.4, 0.5) is 4.39 Å². The molecule has 6 rings (SSSR count). The predicted molar refractivity (Wildman–Crippen MR) is 300 cm³/mol. The number of hydrogen-bond acceptors (Lipinski definition) is 18. The van der Waals surface area contributed by atoms with Crippen molar-refractivity contribution in [2.75, 3.05) is 33.0 Å². The second kappa shape index (κ2) is 29.1. The number of rotatable bonds is 32. The van der Waals surface area contributed by atoms with Gasteiger partial charge in [0.05, 0.1) is 47.8 Å². The van der Waals surface area contributed by atoms with Crippen LogP contribution < -0.4 is 26.8 Å². The first kappa shape index (κ1) is 66.0. The number of nitrogens with one attached hydrogen (secondary N) is 4. The van der Waals surface area contributed by atoms with Crippen molar-refractivity contribution in [2.45, 2.75) is 162 Å². The van der Waals surface area contributed by atoms with Gasteiger partial charge in [-0.3, -0.25) is 48.1 Å². The number of fused-ring (bicyclic) bond motifs is 5. The molecule has 84 heavy (non-hydrogen) atoms. The Balaban J connectivity index is 1.02. The zero-order valence-corrected chi connectivity index (χ0v) is 48.3. The zero-order valence-electron chi connectivity index (χ0n) is 48.3. The molecule has 6 amide bonds. The standard InChI is InChI=1S/C59H78FN7O17/c1-8-36-38-25-67-43(21-40-39(58(67)81)27-84-33(7)59(40,82)9-2)53(38)64-42-22-41(60)32(6)37(51(36)42)23-61-48(74)28-83-29-63-56(79)31(5)19-44(70)52(30(3)4)65-57(80)34(14-15-47(73)62-24-45(71)54(77)55(78)46(72)26-68)20-35(69)13-11-10-12-18-66-49(75)16-17-50(66)76/h16-17,21-22,30-31,34,45-46,52,54-55,68,71-72,77-78,82H,7-15,18-20,23-29H2,1-6H3,(H,61,74)(H,62,73)(H,63,79)(H,65,80)/t31-,34-,45+,46-,52+,54-,55-,59-/m1/s1. The Morgan fingerprint density at radius 3 is 2.21 bits per heavy atom. The van der Waals surface area contributed by atoms with E-state index in [0.29, 0.717) is 64.7 Å². The van der Waals surface area contributed by atoms with E-state index >= 15 is 4.39 Å². The highest BCUT2D eigenvalue weighted by atomic mass is 19.1. The minimum absolute atomic E-state index is 0.0211. The fraction of sp³-hybridized carbons (Fsp3) is 0.559. The molecular formula is C59H78FN7O17. The van der Waals surface area contributed by atoms with Crippen LogP contribution in [-0.2, 0) is 79.5 Å². The number of ketones is 2. The normalized spacial score (nSPS) is 17.8. The van der Waals surface area contributed by atoms with Crippen molar-refractivity contribution in [3.63, 3.8) is 0 Å². The highest BCUT2D eigenvalue weighted by molar-refractivity contribution is 6.12. The molecule has 0 unspecified atom stereocenters. The number of pyridine rings is 2. The molecule has 5 heterocycles. The van der Waals surface area contributed by atoms with Crippen LogP contribution in [0.3, 0.4) is 0 Å². The molecule has 0 saturated carbocycles. The van der Waals surface area contributed by atoms with Crippen molar-refractivity contribution in [2.24, 2.45) is 17.8 Å². The second-order valence-electron chi connectivity index (χ2n) is 22.0. The maximum atomic E-state index is 15.7. The van der Waals surface area contributed by atoms with Crippen LogP contribution in [0.25, 0.3) is 22.3 Å². The van der Waals surface area contributed by atoms with Gasteiger partial charge in [-0.25, -0.2) is 9.37 Å². The predicted octanol–water partition coefficient (Wildman–Crippen LogP) is 0.912. The van der Waals surface area contributed by atoms with Crippen LogP contribution >= 0.6 is 0 Å². The molecule has 0 bridgehead atoms. The molecule has 24 nitrogen and oxygen atoms in total. The maximum Gasteiger partial charge on any atom is 0.258 e. The first-order valence-corrected chi connectivity index (χ1v) is 28.3.